The third-order valence-electron chi connectivity index (χ3n) is 3.43. The predicted molar refractivity (Wildman–Crippen MR) is 90.0 cm³/mol. The third kappa shape index (κ3) is 8.81. The number of ether oxygens (including phenoxy) is 2. The van der Waals surface area contributed by atoms with Crippen LogP contribution in [0.2, 0.25) is 0 Å². The number of hydrogen-bond acceptors (Lipinski definition) is 6. The first kappa shape index (κ1) is 21.1. The lowest BCUT2D eigenvalue weighted by atomic mass is 10.1. The van der Waals surface area contributed by atoms with Gasteiger partial charge in [0.05, 0.1) is 24.3 Å². The number of benzene rings is 1. The summed E-state index contributed by atoms with van der Waals surface area (Å²) < 4.78 is 9.92. The Morgan fingerprint density at radius 2 is 1.19 bits per heavy atom. The highest BCUT2D eigenvalue weighted by Crippen LogP contribution is 2.06. The van der Waals surface area contributed by atoms with Crippen LogP contribution >= 0.6 is 0 Å². The van der Waals surface area contributed by atoms with E-state index in [0.29, 0.717) is 38.9 Å². The first-order chi connectivity index (χ1) is 12.4. The zero-order chi connectivity index (χ0) is 19.4. The Hall–Kier alpha value is -2.90. The van der Waals surface area contributed by atoms with Crippen molar-refractivity contribution in [3.63, 3.8) is 0 Å². The number of esters is 2. The summed E-state index contributed by atoms with van der Waals surface area (Å²) in [6.45, 7) is 0.882. The fraction of sp³-hybridized carbons (Fsp3) is 0.444. The maximum atomic E-state index is 11.0. The van der Waals surface area contributed by atoms with Crippen molar-refractivity contribution in [2.24, 2.45) is 0 Å². The number of hydrogen-bond donors (Lipinski definition) is 2. The van der Waals surface area contributed by atoms with Gasteiger partial charge in [-0.05, 0) is 43.9 Å². The lowest BCUT2D eigenvalue weighted by molar-refractivity contribution is -0.147. The van der Waals surface area contributed by atoms with E-state index < -0.39 is 11.9 Å². The molecule has 2 N–H and O–H groups in total. The first-order valence-electron chi connectivity index (χ1n) is 8.28. The fourth-order valence-electron chi connectivity index (χ4n) is 2.04. The van der Waals surface area contributed by atoms with Crippen LogP contribution in [0.4, 0.5) is 0 Å². The second-order valence-corrected chi connectivity index (χ2v) is 5.55. The lowest BCUT2D eigenvalue weighted by Gasteiger charge is -2.08. The molecule has 142 valence electrons. The van der Waals surface area contributed by atoms with Crippen LogP contribution in [-0.2, 0) is 19.1 Å². The van der Waals surface area contributed by atoms with Gasteiger partial charge in [-0.1, -0.05) is 6.07 Å². The van der Waals surface area contributed by atoms with Crippen molar-refractivity contribution in [2.45, 2.75) is 38.5 Å². The second-order valence-electron chi connectivity index (χ2n) is 5.55. The fourth-order valence-corrected chi connectivity index (χ4v) is 2.04. The van der Waals surface area contributed by atoms with E-state index in [9.17, 15) is 19.2 Å². The van der Waals surface area contributed by atoms with Crippen LogP contribution in [0.15, 0.2) is 24.3 Å². The summed E-state index contributed by atoms with van der Waals surface area (Å²) in [6.07, 6.45) is 3.75. The molecule has 1 heterocycles. The molecule has 0 aromatic heterocycles. The molecule has 1 aliphatic rings. The van der Waals surface area contributed by atoms with Gasteiger partial charge >= 0.3 is 23.9 Å². The van der Waals surface area contributed by atoms with E-state index >= 15 is 0 Å². The van der Waals surface area contributed by atoms with Gasteiger partial charge in [0.1, 0.15) is 0 Å². The zero-order valence-electron chi connectivity index (χ0n) is 14.3. The van der Waals surface area contributed by atoms with E-state index in [-0.39, 0.29) is 23.1 Å². The van der Waals surface area contributed by atoms with Crippen LogP contribution in [0.25, 0.3) is 0 Å². The molecular weight excluding hydrogens is 344 g/mol. The smallest absolute Gasteiger partial charge is 0.335 e. The normalized spacial score (nSPS) is 15.8. The lowest BCUT2D eigenvalue weighted by Crippen LogP contribution is -2.11. The largest absolute Gasteiger partial charge is 0.478 e. The molecule has 8 nitrogen and oxygen atoms in total. The molecule has 0 atom stereocenters. The average molecular weight is 366 g/mol. The molecule has 8 heteroatoms. The molecule has 26 heavy (non-hydrogen) atoms. The summed E-state index contributed by atoms with van der Waals surface area (Å²) in [4.78, 5) is 42.8. The van der Waals surface area contributed by atoms with E-state index in [0.717, 1.165) is 18.9 Å². The van der Waals surface area contributed by atoms with Crippen molar-refractivity contribution < 1.29 is 38.9 Å². The molecule has 0 radical (unpaired) electrons. The van der Waals surface area contributed by atoms with Gasteiger partial charge in [-0.3, -0.25) is 9.59 Å². The molecule has 0 saturated carbocycles. The monoisotopic (exact) mass is 366 g/mol. The molecule has 0 spiro atoms. The molecule has 1 saturated heterocycles. The van der Waals surface area contributed by atoms with Crippen LogP contribution in [0.5, 0.6) is 0 Å². The topological polar surface area (TPSA) is 127 Å². The number of carbonyl (C=O) groups is 4. The summed E-state index contributed by atoms with van der Waals surface area (Å²) >= 11 is 0. The van der Waals surface area contributed by atoms with Crippen LogP contribution in [-0.4, -0.2) is 47.3 Å². The SMILES string of the molecule is O=C(O)c1cccc(C(=O)O)c1.O=C1CCCCC(=O)OCCCCO1. The predicted octanol–water partition coefficient (Wildman–Crippen LogP) is 2.51. The molecule has 1 aromatic carbocycles. The molecule has 1 aromatic rings. The molecule has 1 aliphatic heterocycles. The van der Waals surface area contributed by atoms with E-state index in [1.807, 2.05) is 0 Å². The zero-order valence-corrected chi connectivity index (χ0v) is 14.3. The number of aromatic carboxylic acids is 2. The van der Waals surface area contributed by atoms with Crippen molar-refractivity contribution in [1.82, 2.24) is 0 Å². The van der Waals surface area contributed by atoms with E-state index in [1.165, 1.54) is 18.2 Å². The van der Waals surface area contributed by atoms with Gasteiger partial charge in [-0.2, -0.15) is 0 Å². The molecule has 0 aliphatic carbocycles. The van der Waals surface area contributed by atoms with Crippen LogP contribution in [0.1, 0.15) is 59.2 Å². The Morgan fingerprint density at radius 1 is 0.769 bits per heavy atom. The van der Waals surface area contributed by atoms with Crippen molar-refractivity contribution in [3.05, 3.63) is 35.4 Å². The summed E-state index contributed by atoms with van der Waals surface area (Å²) in [5.74, 6) is -2.56. The Labute approximate surface area is 150 Å². The van der Waals surface area contributed by atoms with Gasteiger partial charge in [0, 0.05) is 12.8 Å². The summed E-state index contributed by atoms with van der Waals surface area (Å²) in [7, 11) is 0. The number of cyclic esters (lactones) is 2. The maximum Gasteiger partial charge on any atom is 0.335 e. The van der Waals surface area contributed by atoms with Crippen molar-refractivity contribution in [3.8, 4) is 0 Å². The van der Waals surface area contributed by atoms with Crippen molar-refractivity contribution in [2.75, 3.05) is 13.2 Å². The minimum Gasteiger partial charge on any atom is -0.478 e. The number of rotatable bonds is 2. The third-order valence-corrected chi connectivity index (χ3v) is 3.43. The second kappa shape index (κ2) is 11.6. The molecule has 1 fully saturated rings. The highest BCUT2D eigenvalue weighted by Gasteiger charge is 2.08. The highest BCUT2D eigenvalue weighted by molar-refractivity contribution is 5.93. The van der Waals surface area contributed by atoms with Crippen LogP contribution in [0.3, 0.4) is 0 Å². The van der Waals surface area contributed by atoms with Crippen molar-refractivity contribution in [1.29, 1.82) is 0 Å². The molecule has 0 bridgehead atoms. The number of carboxylic acids is 2. The van der Waals surface area contributed by atoms with Crippen molar-refractivity contribution >= 4 is 23.9 Å². The average Bonchev–Trinajstić information content (AvgIpc) is 2.61. The Balaban J connectivity index is 0.000000263. The number of carbonyl (C=O) groups excluding carboxylic acids is 2. The van der Waals surface area contributed by atoms with E-state index in [4.69, 9.17) is 19.7 Å². The van der Waals surface area contributed by atoms with Gasteiger partial charge in [-0.25, -0.2) is 9.59 Å². The van der Waals surface area contributed by atoms with Crippen LogP contribution < -0.4 is 0 Å². The maximum absolute atomic E-state index is 11.0. The number of carboxylic acid groups (broad SMARTS) is 2. The molecular formula is C18H22O8. The van der Waals surface area contributed by atoms with Crippen LogP contribution in [0, 0.1) is 0 Å². The summed E-state index contributed by atoms with van der Waals surface area (Å²) in [6, 6.07) is 5.20. The molecule has 0 amide bonds. The highest BCUT2D eigenvalue weighted by atomic mass is 16.5. The Morgan fingerprint density at radius 3 is 1.58 bits per heavy atom. The Kier molecular flexibility index (Phi) is 9.45. The molecule has 0 unspecified atom stereocenters. The Bertz CT molecular complexity index is 587. The summed E-state index contributed by atoms with van der Waals surface area (Å²) in [5.41, 5.74) is -0.0372. The van der Waals surface area contributed by atoms with E-state index in [2.05, 4.69) is 0 Å². The van der Waals surface area contributed by atoms with Gasteiger partial charge in [-0.15, -0.1) is 0 Å². The minimum atomic E-state index is -1.13. The van der Waals surface area contributed by atoms with Gasteiger partial charge in [0.15, 0.2) is 0 Å². The standard InChI is InChI=1S/C10H16O4.C8H6O4/c11-9-5-1-2-6-10(12)14-8-4-3-7-13-9;9-7(10)5-2-1-3-6(4-5)8(11)12/h1-8H2;1-4H,(H,9,10)(H,11,12). The summed E-state index contributed by atoms with van der Waals surface area (Å²) in [5, 5.41) is 17.0. The van der Waals surface area contributed by atoms with Gasteiger partial charge in [0.25, 0.3) is 0 Å². The van der Waals surface area contributed by atoms with Gasteiger partial charge in [0.2, 0.25) is 0 Å². The molecule has 2 rings (SSSR count). The minimum absolute atomic E-state index is 0.0186. The first-order valence-corrected chi connectivity index (χ1v) is 8.28. The quantitative estimate of drug-likeness (QED) is 0.764. The van der Waals surface area contributed by atoms with Gasteiger partial charge < -0.3 is 19.7 Å². The van der Waals surface area contributed by atoms with E-state index in [1.54, 1.807) is 0 Å².